The largest absolute Gasteiger partial charge is 0.496 e. The smallest absolute Gasteiger partial charge is 0.310 e. The molecule has 0 bridgehead atoms. The molecule has 0 unspecified atom stereocenters. The number of nitrogens with two attached hydrogens (primary N) is 1. The molecule has 1 fully saturated rings. The van der Waals surface area contributed by atoms with Crippen LogP contribution in [0.1, 0.15) is 24.8 Å². The molecule has 1 saturated carbocycles. The van der Waals surface area contributed by atoms with Crippen LogP contribution in [-0.2, 0) is 26.0 Å². The number of primary sulfonamides is 1. The molecule has 0 aromatic heterocycles. The Morgan fingerprint density at radius 2 is 2.10 bits per heavy atom. The van der Waals surface area contributed by atoms with Crippen LogP contribution >= 0.6 is 0 Å². The highest BCUT2D eigenvalue weighted by atomic mass is 32.2. The van der Waals surface area contributed by atoms with E-state index in [0.717, 1.165) is 6.42 Å². The molecule has 1 aromatic carbocycles. The number of esters is 1. The summed E-state index contributed by atoms with van der Waals surface area (Å²) in [6.07, 6.45) is 3.26. The van der Waals surface area contributed by atoms with Gasteiger partial charge in [0.15, 0.2) is 0 Å². The van der Waals surface area contributed by atoms with Crippen LogP contribution in [0.15, 0.2) is 23.1 Å². The fourth-order valence-corrected chi connectivity index (χ4v) is 2.59. The van der Waals surface area contributed by atoms with E-state index >= 15 is 0 Å². The third-order valence-electron chi connectivity index (χ3n) is 3.40. The third-order valence-corrected chi connectivity index (χ3v) is 4.31. The van der Waals surface area contributed by atoms with Gasteiger partial charge in [-0.1, -0.05) is 12.8 Å². The molecule has 0 amide bonds. The van der Waals surface area contributed by atoms with E-state index in [1.807, 2.05) is 0 Å². The Kier molecular flexibility index (Phi) is 4.84. The van der Waals surface area contributed by atoms with E-state index < -0.39 is 16.0 Å². The summed E-state index contributed by atoms with van der Waals surface area (Å²) >= 11 is 0. The SMILES string of the molecule is COc1ccc(S(N)(=O)=O)cc1CC(=O)OCCC1CC1. The van der Waals surface area contributed by atoms with Gasteiger partial charge in [0.1, 0.15) is 5.75 Å². The highest BCUT2D eigenvalue weighted by Gasteiger charge is 2.21. The molecule has 1 aliphatic rings. The first-order valence-electron chi connectivity index (χ1n) is 6.75. The highest BCUT2D eigenvalue weighted by Crippen LogP contribution is 2.32. The van der Waals surface area contributed by atoms with Gasteiger partial charge in [-0.3, -0.25) is 4.79 Å². The molecule has 0 saturated heterocycles. The van der Waals surface area contributed by atoms with Gasteiger partial charge in [0.05, 0.1) is 25.0 Å². The molecule has 1 aromatic rings. The van der Waals surface area contributed by atoms with Gasteiger partial charge < -0.3 is 9.47 Å². The van der Waals surface area contributed by atoms with Crippen LogP contribution in [0.5, 0.6) is 5.75 Å². The first-order valence-corrected chi connectivity index (χ1v) is 8.30. The lowest BCUT2D eigenvalue weighted by Crippen LogP contribution is -2.14. The molecular formula is C14H19NO5S. The lowest BCUT2D eigenvalue weighted by atomic mass is 10.1. The van der Waals surface area contributed by atoms with E-state index in [0.29, 0.717) is 23.8 Å². The lowest BCUT2D eigenvalue weighted by Gasteiger charge is -2.10. The summed E-state index contributed by atoms with van der Waals surface area (Å²) in [5.74, 6) is 0.722. The monoisotopic (exact) mass is 313 g/mol. The van der Waals surface area contributed by atoms with Crippen molar-refractivity contribution in [3.8, 4) is 5.75 Å². The Hall–Kier alpha value is -1.60. The lowest BCUT2D eigenvalue weighted by molar-refractivity contribution is -0.143. The zero-order chi connectivity index (χ0) is 15.5. The number of sulfonamides is 1. The fourth-order valence-electron chi connectivity index (χ4n) is 2.02. The number of ether oxygens (including phenoxy) is 2. The van der Waals surface area contributed by atoms with E-state index in [1.165, 1.54) is 38.2 Å². The van der Waals surface area contributed by atoms with Crippen molar-refractivity contribution in [1.82, 2.24) is 0 Å². The van der Waals surface area contributed by atoms with Gasteiger partial charge in [0.25, 0.3) is 0 Å². The number of benzene rings is 1. The number of carbonyl (C=O) groups excluding carboxylic acids is 1. The molecule has 2 N–H and O–H groups in total. The second-order valence-corrected chi connectivity index (χ2v) is 6.71. The predicted octanol–water partition coefficient (Wildman–Crippen LogP) is 1.23. The van der Waals surface area contributed by atoms with Crippen molar-refractivity contribution in [2.45, 2.75) is 30.6 Å². The van der Waals surface area contributed by atoms with Crippen molar-refractivity contribution >= 4 is 16.0 Å². The van der Waals surface area contributed by atoms with E-state index in [9.17, 15) is 13.2 Å². The van der Waals surface area contributed by atoms with Crippen molar-refractivity contribution in [2.24, 2.45) is 11.1 Å². The summed E-state index contributed by atoms with van der Waals surface area (Å²) in [4.78, 5) is 11.7. The van der Waals surface area contributed by atoms with Gasteiger partial charge in [-0.05, 0) is 30.5 Å². The number of hydrogen-bond donors (Lipinski definition) is 1. The Bertz CT molecular complexity index is 622. The van der Waals surface area contributed by atoms with Crippen LogP contribution in [0, 0.1) is 5.92 Å². The normalized spacial score (nSPS) is 14.8. The van der Waals surface area contributed by atoms with Crippen molar-refractivity contribution in [1.29, 1.82) is 0 Å². The number of hydrogen-bond acceptors (Lipinski definition) is 5. The molecule has 2 rings (SSSR count). The van der Waals surface area contributed by atoms with Crippen LogP contribution < -0.4 is 9.88 Å². The molecule has 116 valence electrons. The standard InChI is InChI=1S/C14H19NO5S/c1-19-13-5-4-12(21(15,17)18)8-11(13)9-14(16)20-7-6-10-2-3-10/h4-5,8,10H,2-3,6-7,9H2,1H3,(H2,15,17,18). The van der Waals surface area contributed by atoms with Gasteiger partial charge in [0.2, 0.25) is 10.0 Å². The highest BCUT2D eigenvalue weighted by molar-refractivity contribution is 7.89. The van der Waals surface area contributed by atoms with Crippen LogP contribution in [0.25, 0.3) is 0 Å². The molecule has 0 spiro atoms. The second kappa shape index (κ2) is 6.44. The average Bonchev–Trinajstić information content (AvgIpc) is 3.21. The minimum Gasteiger partial charge on any atom is -0.496 e. The van der Waals surface area contributed by atoms with Gasteiger partial charge in [-0.25, -0.2) is 13.6 Å². The minimum atomic E-state index is -3.81. The van der Waals surface area contributed by atoms with Gasteiger partial charge in [-0.15, -0.1) is 0 Å². The maximum atomic E-state index is 11.8. The quantitative estimate of drug-likeness (QED) is 0.764. The van der Waals surface area contributed by atoms with Crippen LogP contribution in [-0.4, -0.2) is 28.1 Å². The summed E-state index contributed by atoms with van der Waals surface area (Å²) in [6.45, 7) is 0.403. The summed E-state index contributed by atoms with van der Waals surface area (Å²) in [5.41, 5.74) is 0.445. The van der Waals surface area contributed by atoms with Crippen molar-refractivity contribution < 1.29 is 22.7 Å². The number of rotatable bonds is 7. The zero-order valence-corrected chi connectivity index (χ0v) is 12.7. The average molecular weight is 313 g/mol. The Labute approximate surface area is 124 Å². The van der Waals surface area contributed by atoms with Crippen LogP contribution in [0.3, 0.4) is 0 Å². The van der Waals surface area contributed by atoms with Crippen molar-refractivity contribution in [3.63, 3.8) is 0 Å². The summed E-state index contributed by atoms with van der Waals surface area (Å²) in [6, 6.07) is 4.17. The summed E-state index contributed by atoms with van der Waals surface area (Å²) in [7, 11) is -2.36. The second-order valence-electron chi connectivity index (χ2n) is 5.15. The molecule has 1 aliphatic carbocycles. The number of methoxy groups -OCH3 is 1. The Morgan fingerprint density at radius 1 is 1.38 bits per heavy atom. The summed E-state index contributed by atoms with van der Waals surface area (Å²) < 4.78 is 33.0. The molecule has 0 aliphatic heterocycles. The minimum absolute atomic E-state index is 0.0444. The number of carbonyl (C=O) groups is 1. The Morgan fingerprint density at radius 3 is 2.67 bits per heavy atom. The molecule has 7 heteroatoms. The molecule has 6 nitrogen and oxygen atoms in total. The van der Waals surface area contributed by atoms with Gasteiger partial charge in [0, 0.05) is 5.56 Å². The first kappa shape index (κ1) is 15.8. The van der Waals surface area contributed by atoms with Crippen LogP contribution in [0.2, 0.25) is 0 Å². The van der Waals surface area contributed by atoms with Crippen molar-refractivity contribution in [2.75, 3.05) is 13.7 Å². The molecule has 21 heavy (non-hydrogen) atoms. The Balaban J connectivity index is 2.03. The third kappa shape index (κ3) is 4.71. The van der Waals surface area contributed by atoms with Gasteiger partial charge in [-0.2, -0.15) is 0 Å². The van der Waals surface area contributed by atoms with E-state index in [1.54, 1.807) is 0 Å². The van der Waals surface area contributed by atoms with E-state index in [4.69, 9.17) is 14.6 Å². The summed E-state index contributed by atoms with van der Waals surface area (Å²) in [5, 5.41) is 5.08. The topological polar surface area (TPSA) is 95.7 Å². The molecule has 0 radical (unpaired) electrons. The predicted molar refractivity (Wildman–Crippen MR) is 76.4 cm³/mol. The van der Waals surface area contributed by atoms with E-state index in [2.05, 4.69) is 0 Å². The van der Waals surface area contributed by atoms with Crippen molar-refractivity contribution in [3.05, 3.63) is 23.8 Å². The molecule has 0 heterocycles. The molecule has 0 atom stereocenters. The zero-order valence-electron chi connectivity index (χ0n) is 11.9. The van der Waals surface area contributed by atoms with Crippen LogP contribution in [0.4, 0.5) is 0 Å². The fraction of sp³-hybridized carbons (Fsp3) is 0.500. The maximum absolute atomic E-state index is 11.8. The maximum Gasteiger partial charge on any atom is 0.310 e. The van der Waals surface area contributed by atoms with Gasteiger partial charge >= 0.3 is 5.97 Å². The van der Waals surface area contributed by atoms with E-state index in [-0.39, 0.29) is 11.3 Å². The molecular weight excluding hydrogens is 294 g/mol. The first-order chi connectivity index (χ1) is 9.90.